The number of hydrogen-bond acceptors (Lipinski definition) is 4. The minimum Gasteiger partial charge on any atom is -0.475 e. The van der Waals surface area contributed by atoms with Crippen LogP contribution in [0.25, 0.3) is 4.98 Å². The van der Waals surface area contributed by atoms with Crippen LogP contribution in [-0.2, 0) is 10.5 Å². The van der Waals surface area contributed by atoms with E-state index in [1.807, 2.05) is 18.2 Å². The summed E-state index contributed by atoms with van der Waals surface area (Å²) in [5.74, 6) is 0.536. The molecule has 0 aliphatic rings. The lowest BCUT2D eigenvalue weighted by molar-refractivity contribution is 0.0980. The largest absolute Gasteiger partial charge is 0.475 e. The van der Waals surface area contributed by atoms with Gasteiger partial charge >= 0.3 is 11.6 Å². The Labute approximate surface area is 143 Å². The molecule has 0 radical (unpaired) electrons. The molecule has 0 heterocycles. The van der Waals surface area contributed by atoms with Crippen LogP contribution in [0.15, 0.2) is 42.0 Å². The summed E-state index contributed by atoms with van der Waals surface area (Å²) in [6, 6.07) is 10.2. The predicted octanol–water partition coefficient (Wildman–Crippen LogP) is 5.88. The quantitative estimate of drug-likeness (QED) is 0.312. The third kappa shape index (κ3) is 7.43. The van der Waals surface area contributed by atoms with Crippen molar-refractivity contribution in [3.8, 4) is 0 Å². The maximum Gasteiger partial charge on any atom is 0.453 e. The van der Waals surface area contributed by atoms with Gasteiger partial charge in [0.05, 0.1) is 6.61 Å². The van der Waals surface area contributed by atoms with Crippen LogP contribution < -0.4 is 0 Å². The molecule has 1 atom stereocenters. The van der Waals surface area contributed by atoms with Gasteiger partial charge in [-0.3, -0.25) is 0 Å². The molecule has 5 heteroatoms. The molecule has 0 saturated carbocycles. The number of diazo groups is 1. The first kappa shape index (κ1) is 19.4. The van der Waals surface area contributed by atoms with Gasteiger partial charge in [-0.2, -0.15) is 0 Å². The fraction of sp³-hybridized carbons (Fsp3) is 0.556. The van der Waals surface area contributed by atoms with E-state index in [9.17, 15) is 10.5 Å². The van der Waals surface area contributed by atoms with E-state index in [0.29, 0.717) is 6.61 Å². The van der Waals surface area contributed by atoms with Gasteiger partial charge in [0.25, 0.3) is 0 Å². The summed E-state index contributed by atoms with van der Waals surface area (Å²) in [7, 11) is 0. The number of benzene rings is 1. The molecule has 1 aromatic carbocycles. The zero-order valence-electron chi connectivity index (χ0n) is 14.1. The average Bonchev–Trinajstić information content (AvgIpc) is 2.57. The Balaban J connectivity index is 2.74. The van der Waals surface area contributed by atoms with Crippen LogP contribution in [-0.4, -0.2) is 17.0 Å². The van der Waals surface area contributed by atoms with Gasteiger partial charge in [-0.05, 0) is 18.9 Å². The van der Waals surface area contributed by atoms with Crippen molar-refractivity contribution >= 4 is 11.8 Å². The molecule has 126 valence electrons. The van der Waals surface area contributed by atoms with Crippen molar-refractivity contribution in [2.45, 2.75) is 57.0 Å². The predicted molar refractivity (Wildman–Crippen MR) is 96.6 cm³/mol. The number of thioether (sulfide) groups is 1. The zero-order chi connectivity index (χ0) is 16.9. The molecule has 1 unspecified atom stereocenters. The van der Waals surface area contributed by atoms with Gasteiger partial charge in [0.15, 0.2) is 4.98 Å². The minimum atomic E-state index is -0.268. The highest BCUT2D eigenvalue weighted by Crippen LogP contribution is 2.30. The highest BCUT2D eigenvalue weighted by Gasteiger charge is 2.32. The summed E-state index contributed by atoms with van der Waals surface area (Å²) in [5.41, 5.74) is 1.45. The molecular formula is C18H27N2O2S+. The molecule has 4 nitrogen and oxygen atoms in total. The van der Waals surface area contributed by atoms with Crippen molar-refractivity contribution in [1.29, 1.82) is 5.39 Å². The third-order valence-electron chi connectivity index (χ3n) is 3.53. The van der Waals surface area contributed by atoms with Gasteiger partial charge in [0.2, 0.25) is 5.39 Å². The number of nitrogens with zero attached hydrogens (tertiary/aromatic N) is 2. The standard InChI is InChI=1S/C18H26N2O2S/c1-3-5-6-10-13-16(17(20-19)18(21)22-4-2)23-14-15-11-8-7-9-12-15/h7-9,11-12,16H,3-6,10,13-14H2,1-2H3/p+1/b18-17-. The molecule has 23 heavy (non-hydrogen) atoms. The van der Waals surface area contributed by atoms with Crippen molar-refractivity contribution in [2.24, 2.45) is 0 Å². The van der Waals surface area contributed by atoms with E-state index in [2.05, 4.69) is 24.0 Å². The number of rotatable bonds is 11. The van der Waals surface area contributed by atoms with E-state index in [4.69, 9.17) is 4.74 Å². The summed E-state index contributed by atoms with van der Waals surface area (Å²) in [6.07, 6.45) is 5.42. The van der Waals surface area contributed by atoms with E-state index in [1.54, 1.807) is 18.7 Å². The summed E-state index contributed by atoms with van der Waals surface area (Å²) in [6.45, 7) is 4.31. The van der Waals surface area contributed by atoms with Gasteiger partial charge in [-0.1, -0.05) is 62.9 Å². The highest BCUT2D eigenvalue weighted by molar-refractivity contribution is 7.99. The van der Waals surface area contributed by atoms with Crippen LogP contribution in [0.5, 0.6) is 0 Å². The average molecular weight is 335 g/mol. The van der Waals surface area contributed by atoms with Crippen LogP contribution in [0.2, 0.25) is 0 Å². The summed E-state index contributed by atoms with van der Waals surface area (Å²) < 4.78 is 5.12. The molecule has 0 amide bonds. The lowest BCUT2D eigenvalue weighted by Crippen LogP contribution is -2.10. The van der Waals surface area contributed by atoms with Crippen LogP contribution in [0.4, 0.5) is 0 Å². The highest BCUT2D eigenvalue weighted by atomic mass is 32.2. The third-order valence-corrected chi connectivity index (χ3v) is 4.89. The second-order valence-electron chi connectivity index (χ2n) is 5.36. The fourth-order valence-corrected chi connectivity index (χ4v) is 3.51. The Bertz CT molecular complexity index is 512. The Kier molecular flexibility index (Phi) is 9.97. The maximum atomic E-state index is 9.97. The number of ether oxygens (including phenoxy) is 1. The topological polar surface area (TPSA) is 57.6 Å². The molecule has 0 aliphatic heterocycles. The summed E-state index contributed by atoms with van der Waals surface area (Å²) in [4.78, 5) is 3.30. The first-order valence-corrected chi connectivity index (χ1v) is 9.34. The lowest BCUT2D eigenvalue weighted by atomic mass is 10.1. The molecule has 0 aromatic heterocycles. The molecule has 1 rings (SSSR count). The van der Waals surface area contributed by atoms with E-state index < -0.39 is 0 Å². The van der Waals surface area contributed by atoms with Gasteiger partial charge in [0, 0.05) is 5.75 Å². The van der Waals surface area contributed by atoms with Crippen molar-refractivity contribution in [1.82, 2.24) is 0 Å². The Morgan fingerprint density at radius 3 is 2.57 bits per heavy atom. The number of hydrogen-bond donors (Lipinski definition) is 1. The monoisotopic (exact) mass is 335 g/mol. The summed E-state index contributed by atoms with van der Waals surface area (Å²) >= 11 is 1.67. The van der Waals surface area contributed by atoms with Crippen LogP contribution in [0.3, 0.4) is 0 Å². The Morgan fingerprint density at radius 2 is 1.96 bits per heavy atom. The fourth-order valence-electron chi connectivity index (χ4n) is 2.28. The smallest absolute Gasteiger partial charge is 0.453 e. The first-order valence-electron chi connectivity index (χ1n) is 8.29. The van der Waals surface area contributed by atoms with E-state index >= 15 is 0 Å². The van der Waals surface area contributed by atoms with Crippen molar-refractivity contribution in [3.63, 3.8) is 0 Å². The first-order chi connectivity index (χ1) is 11.2. The molecule has 0 saturated heterocycles. The molecule has 0 fully saturated rings. The minimum absolute atomic E-state index is 0.0800. The van der Waals surface area contributed by atoms with Gasteiger partial charge in [0.1, 0.15) is 5.25 Å². The van der Waals surface area contributed by atoms with Gasteiger partial charge in [-0.25, -0.2) is 0 Å². The van der Waals surface area contributed by atoms with Crippen LogP contribution >= 0.6 is 11.8 Å². The Hall–Kier alpha value is -1.67. The molecule has 0 aliphatic carbocycles. The molecule has 0 spiro atoms. The van der Waals surface area contributed by atoms with Crippen molar-refractivity contribution in [2.75, 3.05) is 6.61 Å². The zero-order valence-corrected chi connectivity index (χ0v) is 14.9. The van der Waals surface area contributed by atoms with Crippen LogP contribution in [0, 0.1) is 5.39 Å². The summed E-state index contributed by atoms with van der Waals surface area (Å²) in [5, 5.41) is 19.2. The second-order valence-corrected chi connectivity index (χ2v) is 6.55. The van der Waals surface area contributed by atoms with Gasteiger partial charge < -0.3 is 9.84 Å². The number of unbranched alkanes of at least 4 members (excludes halogenated alkanes) is 3. The number of aliphatic hydroxyl groups is 1. The van der Waals surface area contributed by atoms with E-state index in [0.717, 1.165) is 25.0 Å². The maximum absolute atomic E-state index is 9.97. The van der Waals surface area contributed by atoms with E-state index in [1.165, 1.54) is 18.4 Å². The van der Waals surface area contributed by atoms with Gasteiger partial charge in [-0.15, -0.1) is 11.8 Å². The van der Waals surface area contributed by atoms with Crippen molar-refractivity contribution < 1.29 is 9.84 Å². The molecule has 1 N–H and O–H groups in total. The number of aliphatic hydroxyl groups excluding tert-OH is 1. The van der Waals surface area contributed by atoms with Crippen LogP contribution in [0.1, 0.15) is 51.5 Å². The SMILES string of the molecule is CCCCCCC(SCc1ccccc1)/C([N+]#N)=C(\O)OCC. The van der Waals surface area contributed by atoms with E-state index in [-0.39, 0.29) is 16.9 Å². The normalized spacial score (nSPS) is 13.1. The van der Waals surface area contributed by atoms with Crippen molar-refractivity contribution in [3.05, 3.63) is 52.5 Å². The molecular weight excluding hydrogens is 308 g/mol. The molecule has 0 bridgehead atoms. The Morgan fingerprint density at radius 1 is 1.22 bits per heavy atom. The second kappa shape index (κ2) is 11.8. The molecule has 1 aromatic rings. The lowest BCUT2D eigenvalue weighted by Gasteiger charge is -2.11.